The van der Waals surface area contributed by atoms with E-state index >= 15 is 0 Å². The van der Waals surface area contributed by atoms with Crippen molar-refractivity contribution in [2.24, 2.45) is 0 Å². The van der Waals surface area contributed by atoms with Crippen molar-refractivity contribution >= 4 is 38.9 Å². The second-order valence-corrected chi connectivity index (χ2v) is 5.29. The lowest BCUT2D eigenvalue weighted by molar-refractivity contribution is -0.384. The molecule has 2 N–H and O–H groups in total. The number of nitro groups is 1. The Morgan fingerprint density at radius 1 is 1.33 bits per heavy atom. The largest absolute Gasteiger partial charge is 0.370 e. The molecule has 2 rings (SSSR count). The van der Waals surface area contributed by atoms with E-state index in [2.05, 4.69) is 31.5 Å². The van der Waals surface area contributed by atoms with E-state index in [0.29, 0.717) is 12.4 Å². The standard InChI is InChI=1S/C14H15BrN4O2/c1-3-16-13-7-6-12(19(20)21)14(18-13)17-10-5-4-9(2)11(15)8-10/h4-8H,3H2,1-2H3,(H2,16,17,18). The minimum atomic E-state index is -0.450. The number of hydrogen-bond donors (Lipinski definition) is 2. The summed E-state index contributed by atoms with van der Waals surface area (Å²) in [5, 5.41) is 17.1. The SMILES string of the molecule is CCNc1ccc([N+](=O)[O-])c(Nc2ccc(C)c(Br)c2)n1. The van der Waals surface area contributed by atoms with Crippen LogP contribution in [0.3, 0.4) is 0 Å². The van der Waals surface area contributed by atoms with Crippen LogP contribution >= 0.6 is 15.9 Å². The van der Waals surface area contributed by atoms with Crippen LogP contribution in [0.15, 0.2) is 34.8 Å². The molecule has 1 aromatic heterocycles. The quantitative estimate of drug-likeness (QED) is 0.622. The molecule has 0 bridgehead atoms. The van der Waals surface area contributed by atoms with Crippen molar-refractivity contribution in [2.45, 2.75) is 13.8 Å². The molecule has 0 atom stereocenters. The predicted octanol–water partition coefficient (Wildman–Crippen LogP) is 4.24. The Bertz CT molecular complexity index is 676. The molecule has 0 unspecified atom stereocenters. The minimum absolute atomic E-state index is 0.0617. The molecular weight excluding hydrogens is 336 g/mol. The first-order valence-electron chi connectivity index (χ1n) is 6.43. The average molecular weight is 351 g/mol. The molecule has 0 aliphatic rings. The van der Waals surface area contributed by atoms with Crippen LogP contribution < -0.4 is 10.6 Å². The first-order valence-corrected chi connectivity index (χ1v) is 7.23. The molecule has 0 fully saturated rings. The Hall–Kier alpha value is -2.15. The van der Waals surface area contributed by atoms with Gasteiger partial charge in [0, 0.05) is 22.8 Å². The van der Waals surface area contributed by atoms with Crippen LogP contribution in [0.25, 0.3) is 0 Å². The van der Waals surface area contributed by atoms with E-state index in [0.717, 1.165) is 15.7 Å². The zero-order valence-corrected chi connectivity index (χ0v) is 13.3. The summed E-state index contributed by atoms with van der Waals surface area (Å²) >= 11 is 3.44. The Labute approximate surface area is 130 Å². The third-order valence-electron chi connectivity index (χ3n) is 2.86. The average Bonchev–Trinajstić information content (AvgIpc) is 2.43. The summed E-state index contributed by atoms with van der Waals surface area (Å²) < 4.78 is 0.929. The third kappa shape index (κ3) is 3.69. The van der Waals surface area contributed by atoms with E-state index < -0.39 is 4.92 Å². The summed E-state index contributed by atoms with van der Waals surface area (Å²) in [6.45, 7) is 4.61. The molecule has 0 spiro atoms. The van der Waals surface area contributed by atoms with Crippen LogP contribution in [0.2, 0.25) is 0 Å². The number of rotatable bonds is 5. The van der Waals surface area contributed by atoms with Gasteiger partial charge < -0.3 is 10.6 Å². The van der Waals surface area contributed by atoms with Gasteiger partial charge in [0.15, 0.2) is 0 Å². The molecule has 110 valence electrons. The van der Waals surface area contributed by atoms with Crippen molar-refractivity contribution in [3.8, 4) is 0 Å². The van der Waals surface area contributed by atoms with Gasteiger partial charge in [-0.3, -0.25) is 10.1 Å². The zero-order chi connectivity index (χ0) is 15.4. The molecule has 0 radical (unpaired) electrons. The number of anilines is 3. The third-order valence-corrected chi connectivity index (χ3v) is 3.72. The Balaban J connectivity index is 2.37. The van der Waals surface area contributed by atoms with Gasteiger partial charge in [0.1, 0.15) is 5.82 Å². The number of nitrogens with one attached hydrogen (secondary N) is 2. The van der Waals surface area contributed by atoms with Gasteiger partial charge in [-0.2, -0.15) is 0 Å². The first kappa shape index (κ1) is 15.2. The maximum Gasteiger partial charge on any atom is 0.311 e. The summed E-state index contributed by atoms with van der Waals surface area (Å²) in [5.74, 6) is 0.811. The molecule has 21 heavy (non-hydrogen) atoms. The summed E-state index contributed by atoms with van der Waals surface area (Å²) in [6.07, 6.45) is 0. The van der Waals surface area contributed by atoms with Gasteiger partial charge in [-0.15, -0.1) is 0 Å². The molecule has 0 saturated carbocycles. The van der Waals surface area contributed by atoms with E-state index in [-0.39, 0.29) is 11.5 Å². The van der Waals surface area contributed by atoms with Crippen LogP contribution in [0.1, 0.15) is 12.5 Å². The van der Waals surface area contributed by atoms with Gasteiger partial charge in [0.05, 0.1) is 4.92 Å². The van der Waals surface area contributed by atoms with Crippen molar-refractivity contribution in [2.75, 3.05) is 17.2 Å². The molecule has 1 aromatic carbocycles. The summed E-state index contributed by atoms with van der Waals surface area (Å²) in [7, 11) is 0. The van der Waals surface area contributed by atoms with Crippen LogP contribution in [0, 0.1) is 17.0 Å². The second kappa shape index (κ2) is 6.53. The van der Waals surface area contributed by atoms with Crippen molar-refractivity contribution in [3.63, 3.8) is 0 Å². The van der Waals surface area contributed by atoms with Crippen molar-refractivity contribution in [3.05, 3.63) is 50.5 Å². The van der Waals surface area contributed by atoms with E-state index in [1.165, 1.54) is 6.07 Å². The lowest BCUT2D eigenvalue weighted by atomic mass is 10.2. The second-order valence-electron chi connectivity index (χ2n) is 4.44. The smallest absolute Gasteiger partial charge is 0.311 e. The zero-order valence-electron chi connectivity index (χ0n) is 11.7. The predicted molar refractivity (Wildman–Crippen MR) is 87.2 cm³/mol. The van der Waals surface area contributed by atoms with Gasteiger partial charge in [0.2, 0.25) is 5.82 Å². The van der Waals surface area contributed by atoms with Crippen LogP contribution in [-0.2, 0) is 0 Å². The highest BCUT2D eigenvalue weighted by atomic mass is 79.9. The summed E-state index contributed by atoms with van der Waals surface area (Å²) in [6, 6.07) is 8.67. The lowest BCUT2D eigenvalue weighted by Gasteiger charge is -2.10. The molecule has 0 saturated heterocycles. The van der Waals surface area contributed by atoms with Crippen LogP contribution in [0.5, 0.6) is 0 Å². The maximum atomic E-state index is 11.1. The molecule has 6 nitrogen and oxygen atoms in total. The van der Waals surface area contributed by atoms with Gasteiger partial charge >= 0.3 is 5.69 Å². The highest BCUT2D eigenvalue weighted by Crippen LogP contribution is 2.29. The van der Waals surface area contributed by atoms with E-state index in [9.17, 15) is 10.1 Å². The van der Waals surface area contributed by atoms with Gasteiger partial charge in [-0.1, -0.05) is 22.0 Å². The topological polar surface area (TPSA) is 80.1 Å². The van der Waals surface area contributed by atoms with E-state index in [1.807, 2.05) is 32.0 Å². The number of pyridine rings is 1. The molecule has 1 heterocycles. The monoisotopic (exact) mass is 350 g/mol. The number of hydrogen-bond acceptors (Lipinski definition) is 5. The number of nitrogens with zero attached hydrogens (tertiary/aromatic N) is 2. The van der Waals surface area contributed by atoms with Crippen LogP contribution in [0.4, 0.5) is 23.0 Å². The normalized spacial score (nSPS) is 10.2. The summed E-state index contributed by atoms with van der Waals surface area (Å²) in [5.41, 5.74) is 1.76. The fourth-order valence-corrected chi connectivity index (χ4v) is 2.16. The molecule has 7 heteroatoms. The minimum Gasteiger partial charge on any atom is -0.370 e. The van der Waals surface area contributed by atoms with Crippen molar-refractivity contribution in [1.82, 2.24) is 4.98 Å². The molecule has 0 aliphatic heterocycles. The highest BCUT2D eigenvalue weighted by Gasteiger charge is 2.16. The van der Waals surface area contributed by atoms with E-state index in [4.69, 9.17) is 0 Å². The maximum absolute atomic E-state index is 11.1. The number of aryl methyl sites for hydroxylation is 1. The lowest BCUT2D eigenvalue weighted by Crippen LogP contribution is -2.04. The fourth-order valence-electron chi connectivity index (χ4n) is 1.78. The molecular formula is C14H15BrN4O2. The first-order chi connectivity index (χ1) is 10.0. The number of aromatic nitrogens is 1. The molecule has 0 amide bonds. The van der Waals surface area contributed by atoms with Crippen LogP contribution in [-0.4, -0.2) is 16.5 Å². The molecule has 0 aliphatic carbocycles. The fraction of sp³-hybridized carbons (Fsp3) is 0.214. The van der Waals surface area contributed by atoms with Gasteiger partial charge in [0.25, 0.3) is 0 Å². The van der Waals surface area contributed by atoms with E-state index in [1.54, 1.807) is 6.07 Å². The molecule has 2 aromatic rings. The Morgan fingerprint density at radius 3 is 2.71 bits per heavy atom. The number of halogens is 1. The van der Waals surface area contributed by atoms with Gasteiger partial charge in [-0.05, 0) is 37.6 Å². The number of benzene rings is 1. The highest BCUT2D eigenvalue weighted by molar-refractivity contribution is 9.10. The van der Waals surface area contributed by atoms with Crippen molar-refractivity contribution in [1.29, 1.82) is 0 Å². The van der Waals surface area contributed by atoms with Gasteiger partial charge in [-0.25, -0.2) is 4.98 Å². The Morgan fingerprint density at radius 2 is 2.10 bits per heavy atom. The van der Waals surface area contributed by atoms with Crippen molar-refractivity contribution < 1.29 is 4.92 Å². The Kier molecular flexibility index (Phi) is 4.74. The summed E-state index contributed by atoms with van der Waals surface area (Å²) in [4.78, 5) is 14.9.